The van der Waals surface area contributed by atoms with E-state index in [0.717, 1.165) is 18.9 Å². The standard InChI is InChI=1S/C8H11N5O/c9-8(12-14)6-4-11-7(5-10-6)13-2-1-3-13/h4-5,14H,1-3H2,(H2,9,12). The van der Waals surface area contributed by atoms with Crippen LogP contribution in [0.2, 0.25) is 0 Å². The predicted octanol–water partition coefficient (Wildman–Crippen LogP) is -0.219. The van der Waals surface area contributed by atoms with Gasteiger partial charge in [-0.3, -0.25) is 0 Å². The molecule has 0 atom stereocenters. The van der Waals surface area contributed by atoms with Crippen molar-refractivity contribution in [3.63, 3.8) is 0 Å². The Balaban J connectivity index is 2.17. The second-order valence-corrected chi connectivity index (χ2v) is 3.09. The van der Waals surface area contributed by atoms with Crippen molar-refractivity contribution in [2.24, 2.45) is 10.9 Å². The van der Waals surface area contributed by atoms with Crippen LogP contribution in [0.15, 0.2) is 17.5 Å². The topological polar surface area (TPSA) is 87.6 Å². The minimum Gasteiger partial charge on any atom is -0.409 e. The molecule has 1 saturated heterocycles. The van der Waals surface area contributed by atoms with E-state index >= 15 is 0 Å². The van der Waals surface area contributed by atoms with E-state index in [-0.39, 0.29) is 5.84 Å². The number of hydrogen-bond donors (Lipinski definition) is 2. The summed E-state index contributed by atoms with van der Waals surface area (Å²) in [5.41, 5.74) is 5.74. The van der Waals surface area contributed by atoms with Crippen molar-refractivity contribution in [2.45, 2.75) is 6.42 Å². The Kier molecular flexibility index (Phi) is 2.18. The molecule has 1 aromatic rings. The zero-order valence-corrected chi connectivity index (χ0v) is 7.59. The van der Waals surface area contributed by atoms with Crippen molar-refractivity contribution in [3.05, 3.63) is 18.1 Å². The zero-order chi connectivity index (χ0) is 9.97. The van der Waals surface area contributed by atoms with Crippen LogP contribution < -0.4 is 10.6 Å². The molecule has 0 radical (unpaired) electrons. The molecule has 74 valence electrons. The number of hydrogen-bond acceptors (Lipinski definition) is 5. The van der Waals surface area contributed by atoms with E-state index in [1.807, 2.05) is 0 Å². The number of nitrogens with zero attached hydrogens (tertiary/aromatic N) is 4. The Hall–Kier alpha value is -1.85. The van der Waals surface area contributed by atoms with E-state index in [4.69, 9.17) is 10.9 Å². The molecule has 1 aliphatic rings. The van der Waals surface area contributed by atoms with Crippen LogP contribution in [0.4, 0.5) is 5.82 Å². The first-order chi connectivity index (χ1) is 6.81. The molecule has 0 amide bonds. The molecule has 0 spiro atoms. The molecular formula is C8H11N5O. The molecule has 1 aliphatic heterocycles. The lowest BCUT2D eigenvalue weighted by Crippen LogP contribution is -2.37. The first-order valence-electron chi connectivity index (χ1n) is 4.36. The quantitative estimate of drug-likeness (QED) is 0.293. The summed E-state index contributed by atoms with van der Waals surface area (Å²) in [6.45, 7) is 2.05. The summed E-state index contributed by atoms with van der Waals surface area (Å²) >= 11 is 0. The van der Waals surface area contributed by atoms with E-state index in [9.17, 15) is 0 Å². The highest BCUT2D eigenvalue weighted by Gasteiger charge is 2.15. The third-order valence-corrected chi connectivity index (χ3v) is 2.19. The summed E-state index contributed by atoms with van der Waals surface area (Å²) in [5, 5.41) is 11.3. The molecule has 6 heteroatoms. The predicted molar refractivity (Wildman–Crippen MR) is 51.4 cm³/mol. The van der Waals surface area contributed by atoms with E-state index < -0.39 is 0 Å². The maximum atomic E-state index is 8.41. The van der Waals surface area contributed by atoms with Gasteiger partial charge in [-0.2, -0.15) is 0 Å². The molecule has 0 bridgehead atoms. The number of nitrogens with two attached hydrogens (primary N) is 1. The van der Waals surface area contributed by atoms with Gasteiger partial charge in [-0.05, 0) is 6.42 Å². The summed E-state index contributed by atoms with van der Waals surface area (Å²) in [5.74, 6) is 0.818. The Morgan fingerprint density at radius 1 is 1.43 bits per heavy atom. The van der Waals surface area contributed by atoms with Gasteiger partial charge in [-0.15, -0.1) is 0 Å². The van der Waals surface area contributed by atoms with E-state index in [1.54, 1.807) is 6.20 Å². The Labute approximate surface area is 81.1 Å². The molecule has 2 heterocycles. The molecule has 14 heavy (non-hydrogen) atoms. The van der Waals surface area contributed by atoms with Gasteiger partial charge in [0.2, 0.25) is 0 Å². The van der Waals surface area contributed by atoms with Crippen LogP contribution in [0, 0.1) is 0 Å². The van der Waals surface area contributed by atoms with Crippen LogP contribution in [0.3, 0.4) is 0 Å². The van der Waals surface area contributed by atoms with Gasteiger partial charge in [-0.25, -0.2) is 9.97 Å². The fourth-order valence-corrected chi connectivity index (χ4v) is 1.21. The molecule has 1 aromatic heterocycles. The molecule has 0 aromatic carbocycles. The summed E-state index contributed by atoms with van der Waals surface area (Å²) in [4.78, 5) is 10.3. The van der Waals surface area contributed by atoms with Gasteiger partial charge in [0.25, 0.3) is 0 Å². The molecule has 6 nitrogen and oxygen atoms in total. The fraction of sp³-hybridized carbons (Fsp3) is 0.375. The average molecular weight is 193 g/mol. The lowest BCUT2D eigenvalue weighted by Gasteiger charge is -2.31. The number of anilines is 1. The Morgan fingerprint density at radius 3 is 2.64 bits per heavy atom. The van der Waals surface area contributed by atoms with E-state index in [1.165, 1.54) is 12.6 Å². The maximum absolute atomic E-state index is 8.41. The van der Waals surface area contributed by atoms with Crippen LogP contribution in [0.25, 0.3) is 0 Å². The SMILES string of the molecule is N/C(=N\O)c1cnc(N2CCC2)cn1. The van der Waals surface area contributed by atoms with Gasteiger partial charge in [0.1, 0.15) is 11.5 Å². The van der Waals surface area contributed by atoms with E-state index in [0.29, 0.717) is 5.69 Å². The third kappa shape index (κ3) is 1.46. The third-order valence-electron chi connectivity index (χ3n) is 2.19. The van der Waals surface area contributed by atoms with Crippen molar-refractivity contribution < 1.29 is 5.21 Å². The first-order valence-corrected chi connectivity index (χ1v) is 4.36. The molecule has 3 N–H and O–H groups in total. The van der Waals surface area contributed by atoms with Crippen molar-refractivity contribution in [1.29, 1.82) is 0 Å². The lowest BCUT2D eigenvalue weighted by molar-refractivity contribution is 0.318. The second kappa shape index (κ2) is 3.49. The van der Waals surface area contributed by atoms with Crippen LogP contribution >= 0.6 is 0 Å². The molecule has 2 rings (SSSR count). The maximum Gasteiger partial charge on any atom is 0.190 e. The van der Waals surface area contributed by atoms with Crippen molar-refractivity contribution in [1.82, 2.24) is 9.97 Å². The summed E-state index contributed by atoms with van der Waals surface area (Å²) in [7, 11) is 0. The van der Waals surface area contributed by atoms with Gasteiger partial charge in [-0.1, -0.05) is 5.16 Å². The fourth-order valence-electron chi connectivity index (χ4n) is 1.21. The van der Waals surface area contributed by atoms with Crippen molar-refractivity contribution in [2.75, 3.05) is 18.0 Å². The van der Waals surface area contributed by atoms with E-state index in [2.05, 4.69) is 20.0 Å². The number of rotatable bonds is 2. The molecule has 0 aliphatic carbocycles. The minimum absolute atomic E-state index is 0.0207. The highest BCUT2D eigenvalue weighted by atomic mass is 16.4. The van der Waals surface area contributed by atoms with Crippen LogP contribution in [-0.2, 0) is 0 Å². The van der Waals surface area contributed by atoms with Gasteiger partial charge < -0.3 is 15.8 Å². The molecule has 0 saturated carbocycles. The van der Waals surface area contributed by atoms with Gasteiger partial charge >= 0.3 is 0 Å². The average Bonchev–Trinajstić information content (AvgIpc) is 2.15. The molecule has 0 unspecified atom stereocenters. The highest BCUT2D eigenvalue weighted by Crippen LogP contribution is 2.15. The summed E-state index contributed by atoms with van der Waals surface area (Å²) in [6.07, 6.45) is 4.33. The van der Waals surface area contributed by atoms with Crippen LogP contribution in [0.5, 0.6) is 0 Å². The highest BCUT2D eigenvalue weighted by molar-refractivity contribution is 5.94. The zero-order valence-electron chi connectivity index (χ0n) is 7.59. The minimum atomic E-state index is -0.0207. The summed E-state index contributed by atoms with van der Waals surface area (Å²) in [6, 6.07) is 0. The molecule has 1 fully saturated rings. The van der Waals surface area contributed by atoms with Gasteiger partial charge in [0.05, 0.1) is 12.4 Å². The normalized spacial score (nSPS) is 16.6. The Morgan fingerprint density at radius 2 is 2.21 bits per heavy atom. The first kappa shape index (κ1) is 8.74. The largest absolute Gasteiger partial charge is 0.409 e. The molecular weight excluding hydrogens is 182 g/mol. The Bertz CT molecular complexity index is 343. The number of amidine groups is 1. The van der Waals surface area contributed by atoms with Crippen LogP contribution in [0.1, 0.15) is 12.1 Å². The van der Waals surface area contributed by atoms with Crippen molar-refractivity contribution >= 4 is 11.7 Å². The summed E-state index contributed by atoms with van der Waals surface area (Å²) < 4.78 is 0. The number of oxime groups is 1. The monoisotopic (exact) mass is 193 g/mol. The van der Waals surface area contributed by atoms with Gasteiger partial charge in [0.15, 0.2) is 5.84 Å². The smallest absolute Gasteiger partial charge is 0.190 e. The lowest BCUT2D eigenvalue weighted by atomic mass is 10.2. The van der Waals surface area contributed by atoms with Gasteiger partial charge in [0, 0.05) is 13.1 Å². The second-order valence-electron chi connectivity index (χ2n) is 3.09. The van der Waals surface area contributed by atoms with Crippen molar-refractivity contribution in [3.8, 4) is 0 Å². The number of aromatic nitrogens is 2. The van der Waals surface area contributed by atoms with Crippen LogP contribution in [-0.4, -0.2) is 34.1 Å².